The summed E-state index contributed by atoms with van der Waals surface area (Å²) in [5.41, 5.74) is 6.48. The van der Waals surface area contributed by atoms with E-state index < -0.39 is 5.56 Å². The van der Waals surface area contributed by atoms with Gasteiger partial charge in [-0.25, -0.2) is 4.98 Å². The Morgan fingerprint density at radius 2 is 2.00 bits per heavy atom. The maximum absolute atomic E-state index is 12.1. The maximum Gasteiger partial charge on any atom is 0.278 e. The zero-order chi connectivity index (χ0) is 15.0. The van der Waals surface area contributed by atoms with Gasteiger partial charge in [-0.2, -0.15) is 4.98 Å². The molecular formula is C14H13N5O2. The van der Waals surface area contributed by atoms with Crippen LogP contribution in [-0.2, 0) is 6.54 Å². The van der Waals surface area contributed by atoms with Gasteiger partial charge < -0.3 is 10.3 Å². The molecule has 0 spiro atoms. The van der Waals surface area contributed by atoms with Crippen LogP contribution in [0, 0.1) is 0 Å². The molecule has 1 aromatic carbocycles. The predicted molar refractivity (Wildman–Crippen MR) is 78.1 cm³/mol. The van der Waals surface area contributed by atoms with E-state index in [0.717, 1.165) is 5.56 Å². The fourth-order valence-corrected chi connectivity index (χ4v) is 2.25. The van der Waals surface area contributed by atoms with Crippen LogP contribution in [0.5, 0.6) is 0 Å². The molecule has 3 aromatic rings. The van der Waals surface area contributed by atoms with Gasteiger partial charge in [-0.3, -0.25) is 14.6 Å². The smallest absolute Gasteiger partial charge is 0.278 e. The van der Waals surface area contributed by atoms with E-state index >= 15 is 0 Å². The number of nitrogens with zero attached hydrogens (tertiary/aromatic N) is 3. The molecule has 3 N–H and O–H groups in total. The number of fused-ring (bicyclic) bond motifs is 1. The van der Waals surface area contributed by atoms with E-state index in [1.54, 1.807) is 4.57 Å². The normalized spacial score (nSPS) is 10.9. The lowest BCUT2D eigenvalue weighted by molar-refractivity contribution is 0.100. The number of benzene rings is 1. The van der Waals surface area contributed by atoms with E-state index in [0.29, 0.717) is 6.54 Å². The van der Waals surface area contributed by atoms with Gasteiger partial charge in [-0.05, 0) is 5.56 Å². The van der Waals surface area contributed by atoms with Crippen LogP contribution in [0.1, 0.15) is 23.1 Å². The summed E-state index contributed by atoms with van der Waals surface area (Å²) in [6.07, 6.45) is 0. The van der Waals surface area contributed by atoms with Crippen LogP contribution in [0.4, 0.5) is 5.95 Å². The largest absolute Gasteiger partial charge is 0.369 e. The highest BCUT2D eigenvalue weighted by atomic mass is 16.1. The number of aromatic amines is 1. The minimum Gasteiger partial charge on any atom is -0.369 e. The van der Waals surface area contributed by atoms with Crippen molar-refractivity contribution in [2.45, 2.75) is 13.5 Å². The first kappa shape index (κ1) is 13.0. The van der Waals surface area contributed by atoms with E-state index in [4.69, 9.17) is 5.73 Å². The predicted octanol–water partition coefficient (Wildman–Crippen LogP) is 0.953. The first-order chi connectivity index (χ1) is 10.1. The number of carbonyl (C=O) groups excluding carboxylic acids is 1. The molecule has 0 aliphatic carbocycles. The van der Waals surface area contributed by atoms with Gasteiger partial charge in [-0.1, -0.05) is 30.3 Å². The molecule has 0 aliphatic rings. The third-order valence-corrected chi connectivity index (χ3v) is 3.13. The third-order valence-electron chi connectivity index (χ3n) is 3.13. The topological polar surface area (TPSA) is 107 Å². The lowest BCUT2D eigenvalue weighted by Crippen LogP contribution is -2.16. The van der Waals surface area contributed by atoms with Crippen LogP contribution in [0.3, 0.4) is 0 Å². The van der Waals surface area contributed by atoms with Crippen molar-refractivity contribution in [2.24, 2.45) is 0 Å². The number of H-pyrrole nitrogens is 1. The summed E-state index contributed by atoms with van der Waals surface area (Å²) < 4.78 is 1.57. The summed E-state index contributed by atoms with van der Waals surface area (Å²) in [5, 5.41) is 0. The van der Waals surface area contributed by atoms with Crippen molar-refractivity contribution >= 4 is 22.9 Å². The molecule has 2 heterocycles. The number of nitrogens with two attached hydrogens (primary N) is 1. The van der Waals surface area contributed by atoms with Crippen molar-refractivity contribution in [2.75, 3.05) is 5.73 Å². The van der Waals surface area contributed by atoms with Crippen LogP contribution >= 0.6 is 0 Å². The van der Waals surface area contributed by atoms with Crippen LogP contribution in [0.25, 0.3) is 11.2 Å². The first-order valence-electron chi connectivity index (χ1n) is 6.37. The zero-order valence-electron chi connectivity index (χ0n) is 11.3. The molecule has 0 amide bonds. The number of carbonyl (C=O) groups is 1. The summed E-state index contributed by atoms with van der Waals surface area (Å²) in [6, 6.07) is 9.50. The average molecular weight is 283 g/mol. The van der Waals surface area contributed by atoms with E-state index in [2.05, 4.69) is 15.0 Å². The maximum atomic E-state index is 12.1. The van der Waals surface area contributed by atoms with Gasteiger partial charge in [0, 0.05) is 6.92 Å². The van der Waals surface area contributed by atoms with Crippen LogP contribution in [-0.4, -0.2) is 25.3 Å². The lowest BCUT2D eigenvalue weighted by atomic mass is 10.2. The molecule has 21 heavy (non-hydrogen) atoms. The second-order valence-corrected chi connectivity index (χ2v) is 4.69. The Kier molecular flexibility index (Phi) is 3.02. The standard InChI is InChI=1S/C14H13N5O2/c1-8(20)12-16-11-10(13(21)18-14(15)17-11)19(12)7-9-5-3-2-4-6-9/h2-6H,7H2,1H3,(H3,15,17,18,21). The summed E-state index contributed by atoms with van der Waals surface area (Å²) >= 11 is 0. The number of ketones is 1. The van der Waals surface area contributed by atoms with Gasteiger partial charge in [0.05, 0.1) is 6.54 Å². The van der Waals surface area contributed by atoms with Crippen molar-refractivity contribution in [3.63, 3.8) is 0 Å². The average Bonchev–Trinajstić information content (AvgIpc) is 2.79. The quantitative estimate of drug-likeness (QED) is 0.696. The molecule has 0 atom stereocenters. The van der Waals surface area contributed by atoms with Crippen LogP contribution in [0.15, 0.2) is 35.1 Å². The van der Waals surface area contributed by atoms with Gasteiger partial charge >= 0.3 is 0 Å². The van der Waals surface area contributed by atoms with Crippen molar-refractivity contribution in [1.82, 2.24) is 19.5 Å². The fourth-order valence-electron chi connectivity index (χ4n) is 2.25. The Bertz CT molecular complexity index is 880. The van der Waals surface area contributed by atoms with Crippen molar-refractivity contribution < 1.29 is 4.79 Å². The van der Waals surface area contributed by atoms with Crippen molar-refractivity contribution in [3.05, 3.63) is 52.1 Å². The minimum atomic E-state index is -0.409. The zero-order valence-corrected chi connectivity index (χ0v) is 11.3. The molecule has 2 aromatic heterocycles. The van der Waals surface area contributed by atoms with E-state index in [9.17, 15) is 9.59 Å². The van der Waals surface area contributed by atoms with Gasteiger partial charge in [0.2, 0.25) is 5.95 Å². The van der Waals surface area contributed by atoms with Crippen LogP contribution < -0.4 is 11.3 Å². The van der Waals surface area contributed by atoms with Gasteiger partial charge in [-0.15, -0.1) is 0 Å². The molecule has 0 saturated carbocycles. The Morgan fingerprint density at radius 3 is 2.67 bits per heavy atom. The van der Waals surface area contributed by atoms with Crippen molar-refractivity contribution in [3.8, 4) is 0 Å². The molecule has 3 rings (SSSR count). The second kappa shape index (κ2) is 4.86. The molecular weight excluding hydrogens is 270 g/mol. The minimum absolute atomic E-state index is 0.0213. The van der Waals surface area contributed by atoms with Gasteiger partial charge in [0.25, 0.3) is 5.56 Å². The molecule has 0 aliphatic heterocycles. The fraction of sp³-hybridized carbons (Fsp3) is 0.143. The molecule has 0 bridgehead atoms. The first-order valence-corrected chi connectivity index (χ1v) is 6.37. The lowest BCUT2D eigenvalue weighted by Gasteiger charge is -2.06. The number of imidazole rings is 1. The monoisotopic (exact) mass is 283 g/mol. The highest BCUT2D eigenvalue weighted by Gasteiger charge is 2.18. The molecule has 0 unspecified atom stereocenters. The molecule has 7 nitrogen and oxygen atoms in total. The van der Waals surface area contributed by atoms with Gasteiger partial charge in [0.15, 0.2) is 22.8 Å². The number of Topliss-reactive ketones (excluding diaryl/α,β-unsaturated/α-hetero) is 1. The Labute approximate surface area is 119 Å². The highest BCUT2D eigenvalue weighted by molar-refractivity contribution is 5.94. The Hall–Kier alpha value is -2.96. The highest BCUT2D eigenvalue weighted by Crippen LogP contribution is 2.14. The third kappa shape index (κ3) is 2.29. The van der Waals surface area contributed by atoms with E-state index in [1.165, 1.54) is 6.92 Å². The number of nitrogens with one attached hydrogen (secondary N) is 1. The van der Waals surface area contributed by atoms with Crippen molar-refractivity contribution in [1.29, 1.82) is 0 Å². The molecule has 0 radical (unpaired) electrons. The molecule has 7 heteroatoms. The number of anilines is 1. The number of rotatable bonds is 3. The summed E-state index contributed by atoms with van der Waals surface area (Å²) in [6.45, 7) is 1.77. The number of nitrogen functional groups attached to an aromatic ring is 1. The summed E-state index contributed by atoms with van der Waals surface area (Å²) in [4.78, 5) is 34.4. The number of hydrogen-bond donors (Lipinski definition) is 2. The molecule has 0 saturated heterocycles. The van der Waals surface area contributed by atoms with E-state index in [1.807, 2.05) is 30.3 Å². The molecule has 106 valence electrons. The van der Waals surface area contributed by atoms with Gasteiger partial charge in [0.1, 0.15) is 0 Å². The summed E-state index contributed by atoms with van der Waals surface area (Å²) in [7, 11) is 0. The Morgan fingerprint density at radius 1 is 1.29 bits per heavy atom. The number of aromatic nitrogens is 4. The Balaban J connectivity index is 2.26. The SMILES string of the molecule is CC(=O)c1nc2nc(N)[nH]c(=O)c2n1Cc1ccccc1. The van der Waals surface area contributed by atoms with E-state index in [-0.39, 0.29) is 28.7 Å². The second-order valence-electron chi connectivity index (χ2n) is 4.69. The number of hydrogen-bond acceptors (Lipinski definition) is 5. The molecule has 0 fully saturated rings. The summed E-state index contributed by atoms with van der Waals surface area (Å²) in [5.74, 6) is -0.0636. The van der Waals surface area contributed by atoms with Crippen LogP contribution in [0.2, 0.25) is 0 Å².